The van der Waals surface area contributed by atoms with E-state index in [1.165, 1.54) is 23.2 Å². The maximum atomic E-state index is 12.4. The molecular weight excluding hydrogens is 358 g/mol. The van der Waals surface area contributed by atoms with Crippen molar-refractivity contribution in [1.29, 1.82) is 0 Å². The van der Waals surface area contributed by atoms with Gasteiger partial charge in [-0.3, -0.25) is 4.79 Å². The second-order valence-electron chi connectivity index (χ2n) is 4.82. The fourth-order valence-electron chi connectivity index (χ4n) is 2.14. The van der Waals surface area contributed by atoms with E-state index >= 15 is 0 Å². The van der Waals surface area contributed by atoms with Crippen LogP contribution in [0.4, 0.5) is 13.2 Å². The number of carbonyl (C=O) groups is 1. The Morgan fingerprint density at radius 2 is 2.17 bits per heavy atom. The van der Waals surface area contributed by atoms with E-state index in [9.17, 15) is 18.0 Å². The zero-order chi connectivity index (χ0) is 15.5. The van der Waals surface area contributed by atoms with Gasteiger partial charge in [0.05, 0.1) is 0 Å². The number of nitrogens with zero attached hydrogens (tertiary/aromatic N) is 2. The number of ether oxygens (including phenoxy) is 1. The maximum absolute atomic E-state index is 12.4. The Kier molecular flexibility index (Phi) is 8.65. The molecule has 23 heavy (non-hydrogen) atoms. The number of nitrogens with one attached hydrogen (secondary N) is 1. The summed E-state index contributed by atoms with van der Waals surface area (Å²) >= 11 is 0. The van der Waals surface area contributed by atoms with Crippen LogP contribution in [-0.4, -0.2) is 54.8 Å². The summed E-state index contributed by atoms with van der Waals surface area (Å²) in [4.78, 5) is 17.6. The van der Waals surface area contributed by atoms with Gasteiger partial charge in [0, 0.05) is 25.8 Å². The van der Waals surface area contributed by atoms with E-state index in [0.717, 1.165) is 13.0 Å². The van der Waals surface area contributed by atoms with Gasteiger partial charge in [0.2, 0.25) is 5.88 Å². The van der Waals surface area contributed by atoms with E-state index in [-0.39, 0.29) is 42.3 Å². The zero-order valence-electron chi connectivity index (χ0n) is 12.3. The smallest absolute Gasteiger partial charge is 0.422 e. The van der Waals surface area contributed by atoms with E-state index in [1.807, 2.05) is 0 Å². The molecule has 1 aromatic rings. The fourth-order valence-corrected chi connectivity index (χ4v) is 2.14. The monoisotopic (exact) mass is 375 g/mol. The Hall–Kier alpha value is -1.25. The van der Waals surface area contributed by atoms with E-state index in [2.05, 4.69) is 15.0 Å². The summed E-state index contributed by atoms with van der Waals surface area (Å²) in [5.41, 5.74) is 0.0381. The molecule has 1 amide bonds. The van der Waals surface area contributed by atoms with Gasteiger partial charge in [-0.2, -0.15) is 13.2 Å². The number of aromatic nitrogens is 1. The average Bonchev–Trinajstić information content (AvgIpc) is 2.97. The lowest BCUT2D eigenvalue weighted by Crippen LogP contribution is -2.38. The third-order valence-electron chi connectivity index (χ3n) is 3.28. The van der Waals surface area contributed by atoms with Crippen molar-refractivity contribution in [2.24, 2.45) is 0 Å². The molecule has 1 unspecified atom stereocenters. The number of halogens is 5. The molecule has 2 heterocycles. The molecule has 1 aliphatic heterocycles. The largest absolute Gasteiger partial charge is 0.467 e. The highest BCUT2D eigenvalue weighted by molar-refractivity contribution is 5.96. The van der Waals surface area contributed by atoms with Gasteiger partial charge in [-0.25, -0.2) is 4.98 Å². The normalized spacial score (nSPS) is 17.0. The topological polar surface area (TPSA) is 54.5 Å². The van der Waals surface area contributed by atoms with Gasteiger partial charge in [0.15, 0.2) is 6.61 Å². The van der Waals surface area contributed by atoms with Crippen molar-refractivity contribution in [2.45, 2.75) is 18.6 Å². The molecule has 0 saturated carbocycles. The minimum absolute atomic E-state index is 0. The third kappa shape index (κ3) is 6.04. The van der Waals surface area contributed by atoms with Crippen molar-refractivity contribution in [3.8, 4) is 5.88 Å². The molecule has 1 atom stereocenters. The SMILES string of the molecule is CN(C(=O)c1cccnc1OCC(F)(F)F)C1CCNC1.Cl.Cl. The van der Waals surface area contributed by atoms with Crippen molar-refractivity contribution in [3.05, 3.63) is 23.9 Å². The molecule has 1 saturated heterocycles. The highest BCUT2D eigenvalue weighted by atomic mass is 35.5. The summed E-state index contributed by atoms with van der Waals surface area (Å²) in [6.07, 6.45) is -2.38. The Bertz CT molecular complexity index is 511. The molecule has 10 heteroatoms. The van der Waals surface area contributed by atoms with Crippen LogP contribution in [0.3, 0.4) is 0 Å². The van der Waals surface area contributed by atoms with Crippen LogP contribution in [0.25, 0.3) is 0 Å². The minimum atomic E-state index is -4.47. The summed E-state index contributed by atoms with van der Waals surface area (Å²) in [6, 6.07) is 2.93. The first-order chi connectivity index (χ1) is 9.88. The average molecular weight is 376 g/mol. The van der Waals surface area contributed by atoms with Crippen LogP contribution in [0, 0.1) is 0 Å². The molecule has 1 N–H and O–H groups in total. The molecule has 0 aliphatic carbocycles. The van der Waals surface area contributed by atoms with E-state index in [1.54, 1.807) is 7.05 Å². The Morgan fingerprint density at radius 1 is 1.48 bits per heavy atom. The minimum Gasteiger partial charge on any atom is -0.467 e. The molecule has 1 aliphatic rings. The van der Waals surface area contributed by atoms with Gasteiger partial charge < -0.3 is 15.0 Å². The first-order valence-corrected chi connectivity index (χ1v) is 6.51. The molecule has 132 valence electrons. The standard InChI is InChI=1S/C13H16F3N3O2.2ClH/c1-19(9-4-6-17-7-9)12(20)10-3-2-5-18-11(10)21-8-13(14,15)16;;/h2-3,5,9,17H,4,6-8H2,1H3;2*1H. The van der Waals surface area contributed by atoms with Crippen LogP contribution in [0.15, 0.2) is 18.3 Å². The number of alkyl halides is 3. The third-order valence-corrected chi connectivity index (χ3v) is 3.28. The predicted molar refractivity (Wildman–Crippen MR) is 83.7 cm³/mol. The first-order valence-electron chi connectivity index (χ1n) is 6.51. The quantitative estimate of drug-likeness (QED) is 0.877. The lowest BCUT2D eigenvalue weighted by Gasteiger charge is -2.24. The van der Waals surface area contributed by atoms with Crippen molar-refractivity contribution < 1.29 is 22.7 Å². The number of amides is 1. The van der Waals surface area contributed by atoms with Gasteiger partial charge >= 0.3 is 6.18 Å². The van der Waals surface area contributed by atoms with Crippen molar-refractivity contribution in [3.63, 3.8) is 0 Å². The van der Waals surface area contributed by atoms with Gasteiger partial charge in [-0.1, -0.05) is 0 Å². The van der Waals surface area contributed by atoms with Crippen LogP contribution in [-0.2, 0) is 0 Å². The van der Waals surface area contributed by atoms with Crippen LogP contribution in [0.5, 0.6) is 5.88 Å². The van der Waals surface area contributed by atoms with Crippen molar-refractivity contribution in [2.75, 3.05) is 26.7 Å². The van der Waals surface area contributed by atoms with Crippen LogP contribution in [0.1, 0.15) is 16.8 Å². The zero-order valence-corrected chi connectivity index (χ0v) is 13.9. The molecule has 1 fully saturated rings. The summed E-state index contributed by atoms with van der Waals surface area (Å²) in [7, 11) is 1.63. The fraction of sp³-hybridized carbons (Fsp3) is 0.538. The van der Waals surface area contributed by atoms with Gasteiger partial charge in [0.25, 0.3) is 5.91 Å². The molecule has 0 aromatic carbocycles. The summed E-state index contributed by atoms with van der Waals surface area (Å²) in [6.45, 7) is 0.00694. The highest BCUT2D eigenvalue weighted by Crippen LogP contribution is 2.22. The van der Waals surface area contributed by atoms with E-state index in [4.69, 9.17) is 0 Å². The van der Waals surface area contributed by atoms with Crippen molar-refractivity contribution >= 4 is 30.7 Å². The van der Waals surface area contributed by atoms with E-state index in [0.29, 0.717) is 6.54 Å². The Morgan fingerprint density at radius 3 is 2.74 bits per heavy atom. The number of rotatable bonds is 4. The first kappa shape index (κ1) is 21.8. The lowest BCUT2D eigenvalue weighted by atomic mass is 10.2. The molecule has 2 rings (SSSR count). The number of hydrogen-bond acceptors (Lipinski definition) is 4. The van der Waals surface area contributed by atoms with Crippen LogP contribution in [0.2, 0.25) is 0 Å². The number of likely N-dealkylation sites (N-methyl/N-ethyl adjacent to an activating group) is 1. The molecular formula is C13H18Cl2F3N3O2. The molecule has 0 bridgehead atoms. The van der Waals surface area contributed by atoms with E-state index < -0.39 is 18.7 Å². The number of carbonyl (C=O) groups excluding carboxylic acids is 1. The summed E-state index contributed by atoms with van der Waals surface area (Å²) < 4.78 is 41.3. The summed E-state index contributed by atoms with van der Waals surface area (Å²) in [5, 5.41) is 3.13. The second kappa shape index (κ2) is 9.14. The van der Waals surface area contributed by atoms with Crippen molar-refractivity contribution in [1.82, 2.24) is 15.2 Å². The van der Waals surface area contributed by atoms with Gasteiger partial charge in [0.1, 0.15) is 5.56 Å². The molecule has 1 aromatic heterocycles. The number of hydrogen-bond donors (Lipinski definition) is 1. The molecule has 0 spiro atoms. The van der Waals surface area contributed by atoms with Gasteiger partial charge in [-0.05, 0) is 25.1 Å². The predicted octanol–water partition coefficient (Wildman–Crippen LogP) is 2.30. The Balaban J connectivity index is 0.00000242. The highest BCUT2D eigenvalue weighted by Gasteiger charge is 2.31. The van der Waals surface area contributed by atoms with Crippen LogP contribution < -0.4 is 10.1 Å². The summed E-state index contributed by atoms with van der Waals surface area (Å²) in [5.74, 6) is -0.688. The lowest BCUT2D eigenvalue weighted by molar-refractivity contribution is -0.154. The van der Waals surface area contributed by atoms with Gasteiger partial charge in [-0.15, -0.1) is 24.8 Å². The maximum Gasteiger partial charge on any atom is 0.422 e. The number of pyridine rings is 1. The molecule has 5 nitrogen and oxygen atoms in total. The molecule has 0 radical (unpaired) electrons. The van der Waals surface area contributed by atoms with Crippen LogP contribution >= 0.6 is 24.8 Å². The Labute approximate surface area is 144 Å². The second-order valence-corrected chi connectivity index (χ2v) is 4.82.